The molecule has 0 aliphatic carbocycles. The predicted molar refractivity (Wildman–Crippen MR) is 109 cm³/mol. The first-order valence-corrected chi connectivity index (χ1v) is 11.4. The number of hydrogen-bond acceptors (Lipinski definition) is 3. The molecule has 2 aliphatic heterocycles. The van der Waals surface area contributed by atoms with E-state index in [-0.39, 0.29) is 10.8 Å². The zero-order valence-electron chi connectivity index (χ0n) is 16.2. The van der Waals surface area contributed by atoms with E-state index in [1.165, 1.54) is 5.56 Å². The number of carbonyl (C=O) groups excluding carboxylic acids is 1. The number of fused-ring (bicyclic) bond motifs is 1. The van der Waals surface area contributed by atoms with Gasteiger partial charge in [-0.1, -0.05) is 36.8 Å². The Kier molecular flexibility index (Phi) is 5.25. The van der Waals surface area contributed by atoms with Crippen LogP contribution >= 0.6 is 0 Å². The van der Waals surface area contributed by atoms with Crippen LogP contribution in [-0.2, 0) is 23.0 Å². The topological polar surface area (TPSA) is 57.7 Å². The molecule has 2 heterocycles. The molecule has 0 unspecified atom stereocenters. The molecule has 6 heteroatoms. The molecule has 0 aromatic heterocycles. The normalized spacial score (nSPS) is 18.0. The average Bonchev–Trinajstić information content (AvgIpc) is 2.73. The van der Waals surface area contributed by atoms with Crippen LogP contribution in [0.5, 0.6) is 0 Å². The molecule has 0 atom stereocenters. The monoisotopic (exact) mass is 398 g/mol. The summed E-state index contributed by atoms with van der Waals surface area (Å²) in [6.45, 7) is 4.13. The van der Waals surface area contributed by atoms with Crippen molar-refractivity contribution in [3.05, 3.63) is 64.7 Å². The molecule has 4 rings (SSSR count). The van der Waals surface area contributed by atoms with Crippen molar-refractivity contribution in [3.8, 4) is 0 Å². The Morgan fingerprint density at radius 2 is 1.64 bits per heavy atom. The molecule has 5 nitrogen and oxygen atoms in total. The lowest BCUT2D eigenvalue weighted by atomic mass is 9.99. The maximum atomic E-state index is 13.1. The first kappa shape index (κ1) is 19.2. The second-order valence-corrected chi connectivity index (χ2v) is 9.60. The van der Waals surface area contributed by atoms with Crippen molar-refractivity contribution in [2.24, 2.45) is 0 Å². The van der Waals surface area contributed by atoms with Crippen LogP contribution in [-0.4, -0.2) is 43.2 Å². The van der Waals surface area contributed by atoms with Gasteiger partial charge < -0.3 is 4.90 Å². The van der Waals surface area contributed by atoms with Gasteiger partial charge in [0.2, 0.25) is 10.0 Å². The summed E-state index contributed by atoms with van der Waals surface area (Å²) < 4.78 is 27.8. The van der Waals surface area contributed by atoms with Crippen LogP contribution in [0.3, 0.4) is 0 Å². The van der Waals surface area contributed by atoms with E-state index in [4.69, 9.17) is 0 Å². The van der Waals surface area contributed by atoms with Crippen LogP contribution < -0.4 is 0 Å². The molecule has 0 N–H and O–H groups in total. The van der Waals surface area contributed by atoms with Crippen LogP contribution in [0.2, 0.25) is 0 Å². The number of hydrogen-bond donors (Lipinski definition) is 0. The van der Waals surface area contributed by atoms with Crippen molar-refractivity contribution in [1.82, 2.24) is 9.21 Å². The SMILES string of the molecule is Cc1ccc(C(=O)N2CCc3ccccc3C2)cc1S(=O)(=O)N1CCCCC1. The van der Waals surface area contributed by atoms with E-state index in [1.807, 2.05) is 17.0 Å². The Morgan fingerprint density at radius 1 is 0.929 bits per heavy atom. The van der Waals surface area contributed by atoms with Crippen LogP contribution in [0, 0.1) is 6.92 Å². The molecule has 0 radical (unpaired) electrons. The number of aryl methyl sites for hydroxylation is 1. The van der Waals surface area contributed by atoms with E-state index < -0.39 is 10.0 Å². The molecule has 1 fully saturated rings. The maximum Gasteiger partial charge on any atom is 0.254 e. The second-order valence-electron chi connectivity index (χ2n) is 7.69. The summed E-state index contributed by atoms with van der Waals surface area (Å²) in [6.07, 6.45) is 3.68. The maximum absolute atomic E-state index is 13.1. The summed E-state index contributed by atoms with van der Waals surface area (Å²) in [5.74, 6) is -0.107. The number of nitrogens with zero attached hydrogens (tertiary/aromatic N) is 2. The van der Waals surface area contributed by atoms with Crippen molar-refractivity contribution in [1.29, 1.82) is 0 Å². The van der Waals surface area contributed by atoms with Gasteiger partial charge in [-0.3, -0.25) is 4.79 Å². The van der Waals surface area contributed by atoms with E-state index in [0.29, 0.717) is 37.3 Å². The lowest BCUT2D eigenvalue weighted by Gasteiger charge is -2.29. The Bertz CT molecular complexity index is 995. The number of piperidine rings is 1. The average molecular weight is 399 g/mol. The highest BCUT2D eigenvalue weighted by atomic mass is 32.2. The summed E-state index contributed by atoms with van der Waals surface area (Å²) in [4.78, 5) is 15.2. The zero-order chi connectivity index (χ0) is 19.7. The minimum absolute atomic E-state index is 0.107. The molecule has 148 valence electrons. The Labute approximate surface area is 167 Å². The summed E-state index contributed by atoms with van der Waals surface area (Å²) in [7, 11) is -3.57. The molecule has 0 bridgehead atoms. The van der Waals surface area contributed by atoms with Gasteiger partial charge >= 0.3 is 0 Å². The molecule has 2 aromatic rings. The van der Waals surface area contributed by atoms with Gasteiger partial charge in [0.1, 0.15) is 0 Å². The van der Waals surface area contributed by atoms with Crippen molar-refractivity contribution >= 4 is 15.9 Å². The van der Waals surface area contributed by atoms with Gasteiger partial charge in [0.25, 0.3) is 5.91 Å². The third-order valence-corrected chi connectivity index (χ3v) is 7.83. The minimum atomic E-state index is -3.57. The van der Waals surface area contributed by atoms with Crippen molar-refractivity contribution in [3.63, 3.8) is 0 Å². The standard InChI is InChI=1S/C22H26N2O3S/c1-17-9-10-19(15-21(17)28(26,27)24-12-5-2-6-13-24)22(25)23-14-11-18-7-3-4-8-20(18)16-23/h3-4,7-10,15H,2,5-6,11-14,16H2,1H3. The number of benzene rings is 2. The fourth-order valence-electron chi connectivity index (χ4n) is 4.11. The number of sulfonamides is 1. The van der Waals surface area contributed by atoms with Crippen molar-refractivity contribution < 1.29 is 13.2 Å². The molecule has 0 saturated carbocycles. The van der Waals surface area contributed by atoms with E-state index in [2.05, 4.69) is 12.1 Å². The molecule has 2 aromatic carbocycles. The predicted octanol–water partition coefficient (Wildman–Crippen LogP) is 3.37. The summed E-state index contributed by atoms with van der Waals surface area (Å²) in [6, 6.07) is 13.2. The van der Waals surface area contributed by atoms with Gasteiger partial charge in [-0.25, -0.2) is 8.42 Å². The van der Waals surface area contributed by atoms with Gasteiger partial charge in [0, 0.05) is 31.7 Å². The number of amides is 1. The van der Waals surface area contributed by atoms with Gasteiger partial charge in [-0.05, 0) is 55.0 Å². The van der Waals surface area contributed by atoms with E-state index in [0.717, 1.165) is 31.2 Å². The Balaban J connectivity index is 1.61. The van der Waals surface area contributed by atoms with Crippen molar-refractivity contribution in [2.75, 3.05) is 19.6 Å². The molecule has 2 aliphatic rings. The van der Waals surface area contributed by atoms with Crippen molar-refractivity contribution in [2.45, 2.75) is 44.0 Å². The van der Waals surface area contributed by atoms with Crippen LogP contribution in [0.15, 0.2) is 47.4 Å². The lowest BCUT2D eigenvalue weighted by molar-refractivity contribution is 0.0734. The largest absolute Gasteiger partial charge is 0.334 e. The van der Waals surface area contributed by atoms with Crippen LogP contribution in [0.25, 0.3) is 0 Å². The van der Waals surface area contributed by atoms with E-state index in [1.54, 1.807) is 29.4 Å². The van der Waals surface area contributed by atoms with Crippen LogP contribution in [0.4, 0.5) is 0 Å². The lowest BCUT2D eigenvalue weighted by Crippen LogP contribution is -2.37. The Morgan fingerprint density at radius 3 is 2.39 bits per heavy atom. The Hall–Kier alpha value is -2.18. The third-order valence-electron chi connectivity index (χ3n) is 5.79. The number of carbonyl (C=O) groups is 1. The van der Waals surface area contributed by atoms with Gasteiger partial charge in [0.05, 0.1) is 4.90 Å². The fourth-order valence-corrected chi connectivity index (χ4v) is 5.87. The van der Waals surface area contributed by atoms with Gasteiger partial charge in [-0.2, -0.15) is 4.31 Å². The highest BCUT2D eigenvalue weighted by Crippen LogP contribution is 2.26. The fraction of sp³-hybridized carbons (Fsp3) is 0.409. The van der Waals surface area contributed by atoms with E-state index >= 15 is 0 Å². The summed E-state index contributed by atoms with van der Waals surface area (Å²) >= 11 is 0. The molecular formula is C22H26N2O3S. The molecular weight excluding hydrogens is 372 g/mol. The van der Waals surface area contributed by atoms with Gasteiger partial charge in [-0.15, -0.1) is 0 Å². The first-order valence-electron chi connectivity index (χ1n) is 9.94. The first-order chi connectivity index (χ1) is 13.5. The second kappa shape index (κ2) is 7.68. The summed E-state index contributed by atoms with van der Waals surface area (Å²) in [5.41, 5.74) is 3.57. The van der Waals surface area contributed by atoms with Gasteiger partial charge in [0.15, 0.2) is 0 Å². The zero-order valence-corrected chi connectivity index (χ0v) is 17.0. The highest BCUT2D eigenvalue weighted by molar-refractivity contribution is 7.89. The third kappa shape index (κ3) is 3.59. The minimum Gasteiger partial charge on any atom is -0.334 e. The molecule has 0 spiro atoms. The summed E-state index contributed by atoms with van der Waals surface area (Å²) in [5, 5.41) is 0. The molecule has 28 heavy (non-hydrogen) atoms. The highest BCUT2D eigenvalue weighted by Gasteiger charge is 2.29. The van der Waals surface area contributed by atoms with E-state index in [9.17, 15) is 13.2 Å². The quantitative estimate of drug-likeness (QED) is 0.797. The molecule has 1 saturated heterocycles. The smallest absolute Gasteiger partial charge is 0.254 e. The number of rotatable bonds is 3. The molecule has 1 amide bonds. The van der Waals surface area contributed by atoms with Crippen LogP contribution in [0.1, 0.15) is 46.3 Å².